The van der Waals surface area contributed by atoms with Crippen molar-refractivity contribution in [3.8, 4) is 6.07 Å². The monoisotopic (exact) mass is 286 g/mol. The van der Waals surface area contributed by atoms with E-state index in [1.807, 2.05) is 19.1 Å². The molecule has 1 aromatic heterocycles. The molecule has 0 aliphatic heterocycles. The van der Waals surface area contributed by atoms with Crippen LogP contribution in [0.3, 0.4) is 0 Å². The first-order valence-corrected chi connectivity index (χ1v) is 7.39. The van der Waals surface area contributed by atoms with Gasteiger partial charge in [-0.25, -0.2) is 0 Å². The van der Waals surface area contributed by atoms with Crippen LogP contribution in [0.15, 0.2) is 24.5 Å². The van der Waals surface area contributed by atoms with Gasteiger partial charge >= 0.3 is 0 Å². The molecule has 1 aromatic rings. The highest BCUT2D eigenvalue weighted by atomic mass is 16.2. The van der Waals surface area contributed by atoms with Crippen LogP contribution in [0.2, 0.25) is 0 Å². The number of amides is 1. The summed E-state index contributed by atoms with van der Waals surface area (Å²) in [5.41, 5.74) is 6.62. The van der Waals surface area contributed by atoms with Gasteiger partial charge in [0, 0.05) is 31.5 Å². The first-order chi connectivity index (χ1) is 10.1. The minimum atomic E-state index is -0.502. The molecule has 1 amide bonds. The summed E-state index contributed by atoms with van der Waals surface area (Å²) in [5, 5.41) is 8.82. The van der Waals surface area contributed by atoms with Crippen molar-refractivity contribution < 1.29 is 4.79 Å². The second-order valence-electron chi connectivity index (χ2n) is 5.91. The standard InChI is InChI=1S/C16H22N4O/c1-16(7-2-6-14(16)18)15(21)20(10-4-8-17)12-13-5-3-9-19-11-13/h3,5,9,11,14H,2,4,6-7,10,12,18H2,1H3. The first kappa shape index (κ1) is 15.5. The van der Waals surface area contributed by atoms with Crippen molar-refractivity contribution in [2.24, 2.45) is 11.1 Å². The van der Waals surface area contributed by atoms with Crippen LogP contribution in [0.1, 0.15) is 38.2 Å². The van der Waals surface area contributed by atoms with Crippen LogP contribution in [0.4, 0.5) is 0 Å². The maximum absolute atomic E-state index is 12.9. The Bertz CT molecular complexity index is 525. The lowest BCUT2D eigenvalue weighted by Gasteiger charge is -2.34. The first-order valence-electron chi connectivity index (χ1n) is 7.39. The third kappa shape index (κ3) is 3.40. The molecule has 21 heavy (non-hydrogen) atoms. The van der Waals surface area contributed by atoms with E-state index < -0.39 is 5.41 Å². The fraction of sp³-hybridized carbons (Fsp3) is 0.562. The number of hydrogen-bond acceptors (Lipinski definition) is 4. The van der Waals surface area contributed by atoms with Gasteiger partial charge in [0.15, 0.2) is 0 Å². The summed E-state index contributed by atoms with van der Waals surface area (Å²) in [5.74, 6) is 0.0617. The summed E-state index contributed by atoms with van der Waals surface area (Å²) in [6.07, 6.45) is 6.49. The minimum Gasteiger partial charge on any atom is -0.337 e. The van der Waals surface area contributed by atoms with Crippen LogP contribution in [0.25, 0.3) is 0 Å². The molecule has 0 aromatic carbocycles. The fourth-order valence-electron chi connectivity index (χ4n) is 2.97. The maximum Gasteiger partial charge on any atom is 0.230 e. The van der Waals surface area contributed by atoms with E-state index in [4.69, 9.17) is 11.0 Å². The summed E-state index contributed by atoms with van der Waals surface area (Å²) in [6.45, 7) is 2.87. The predicted octanol–water partition coefficient (Wildman–Crippen LogP) is 1.84. The van der Waals surface area contributed by atoms with Gasteiger partial charge < -0.3 is 10.6 Å². The lowest BCUT2D eigenvalue weighted by molar-refractivity contribution is -0.142. The number of nitriles is 1. The molecule has 0 bridgehead atoms. The van der Waals surface area contributed by atoms with Crippen LogP contribution in [-0.2, 0) is 11.3 Å². The van der Waals surface area contributed by atoms with Gasteiger partial charge in [0.1, 0.15) is 0 Å². The van der Waals surface area contributed by atoms with E-state index in [-0.39, 0.29) is 11.9 Å². The average Bonchev–Trinajstić information content (AvgIpc) is 2.84. The van der Waals surface area contributed by atoms with Crippen molar-refractivity contribution in [1.82, 2.24) is 9.88 Å². The lowest BCUT2D eigenvalue weighted by atomic mass is 9.83. The van der Waals surface area contributed by atoms with Crippen molar-refractivity contribution in [1.29, 1.82) is 5.26 Å². The van der Waals surface area contributed by atoms with Gasteiger partial charge in [0.2, 0.25) is 5.91 Å². The zero-order chi connectivity index (χ0) is 15.3. The third-order valence-corrected chi connectivity index (χ3v) is 4.40. The maximum atomic E-state index is 12.9. The normalized spacial score (nSPS) is 24.5. The Hall–Kier alpha value is -1.93. The smallest absolute Gasteiger partial charge is 0.230 e. The quantitative estimate of drug-likeness (QED) is 0.895. The molecule has 1 fully saturated rings. The van der Waals surface area contributed by atoms with Gasteiger partial charge in [-0.15, -0.1) is 0 Å². The minimum absolute atomic E-state index is 0.0617. The highest BCUT2D eigenvalue weighted by Gasteiger charge is 2.44. The molecular weight excluding hydrogens is 264 g/mol. The van der Waals surface area contributed by atoms with E-state index >= 15 is 0 Å². The molecule has 2 N–H and O–H groups in total. The van der Waals surface area contributed by atoms with Gasteiger partial charge in [0.05, 0.1) is 17.9 Å². The summed E-state index contributed by atoms with van der Waals surface area (Å²) in [4.78, 5) is 18.7. The average molecular weight is 286 g/mol. The molecule has 1 saturated carbocycles. The molecule has 112 valence electrons. The van der Waals surface area contributed by atoms with E-state index in [0.29, 0.717) is 19.5 Å². The fourth-order valence-corrected chi connectivity index (χ4v) is 2.97. The third-order valence-electron chi connectivity index (χ3n) is 4.40. The molecule has 0 radical (unpaired) electrons. The van der Waals surface area contributed by atoms with Crippen molar-refractivity contribution in [2.75, 3.05) is 6.54 Å². The molecule has 0 saturated heterocycles. The van der Waals surface area contributed by atoms with Gasteiger partial charge in [-0.05, 0) is 31.4 Å². The largest absolute Gasteiger partial charge is 0.337 e. The Balaban J connectivity index is 2.15. The zero-order valence-electron chi connectivity index (χ0n) is 12.5. The Morgan fingerprint density at radius 1 is 1.67 bits per heavy atom. The van der Waals surface area contributed by atoms with E-state index in [1.54, 1.807) is 17.3 Å². The second-order valence-corrected chi connectivity index (χ2v) is 5.91. The highest BCUT2D eigenvalue weighted by molar-refractivity contribution is 5.83. The van der Waals surface area contributed by atoms with E-state index in [2.05, 4.69) is 11.1 Å². The molecule has 1 heterocycles. The number of carbonyl (C=O) groups is 1. The molecule has 2 unspecified atom stereocenters. The molecule has 5 heteroatoms. The summed E-state index contributed by atoms with van der Waals surface area (Å²) in [7, 11) is 0. The Kier molecular flexibility index (Phi) is 4.92. The summed E-state index contributed by atoms with van der Waals surface area (Å²) in [6, 6.07) is 5.81. The number of nitrogens with two attached hydrogens (primary N) is 1. The Morgan fingerprint density at radius 3 is 3.05 bits per heavy atom. The number of aromatic nitrogens is 1. The van der Waals surface area contributed by atoms with E-state index in [9.17, 15) is 4.79 Å². The number of carbonyl (C=O) groups excluding carboxylic acids is 1. The van der Waals surface area contributed by atoms with Crippen molar-refractivity contribution in [3.05, 3.63) is 30.1 Å². The van der Waals surface area contributed by atoms with Crippen LogP contribution in [0, 0.1) is 16.7 Å². The summed E-state index contributed by atoms with van der Waals surface area (Å²) < 4.78 is 0. The second kappa shape index (κ2) is 6.68. The molecule has 2 atom stereocenters. The van der Waals surface area contributed by atoms with Crippen molar-refractivity contribution >= 4 is 5.91 Å². The SMILES string of the molecule is CC1(C(=O)N(CCC#N)Cc2cccnc2)CCCC1N. The number of pyridine rings is 1. The molecule has 2 rings (SSSR count). The van der Waals surface area contributed by atoms with E-state index in [1.165, 1.54) is 0 Å². The van der Waals surface area contributed by atoms with Crippen LogP contribution in [0.5, 0.6) is 0 Å². The predicted molar refractivity (Wildman–Crippen MR) is 79.8 cm³/mol. The molecule has 1 aliphatic carbocycles. The molecule has 0 spiro atoms. The Morgan fingerprint density at radius 2 is 2.48 bits per heavy atom. The van der Waals surface area contributed by atoms with Crippen molar-refractivity contribution in [3.63, 3.8) is 0 Å². The topological polar surface area (TPSA) is 83.0 Å². The van der Waals surface area contributed by atoms with Crippen LogP contribution >= 0.6 is 0 Å². The number of rotatable bonds is 5. The number of nitrogens with zero attached hydrogens (tertiary/aromatic N) is 3. The molecule has 5 nitrogen and oxygen atoms in total. The van der Waals surface area contributed by atoms with Gasteiger partial charge in [0.25, 0.3) is 0 Å². The highest BCUT2D eigenvalue weighted by Crippen LogP contribution is 2.38. The van der Waals surface area contributed by atoms with Gasteiger partial charge in [-0.2, -0.15) is 5.26 Å². The number of hydrogen-bond donors (Lipinski definition) is 1. The van der Waals surface area contributed by atoms with Gasteiger partial charge in [-0.1, -0.05) is 12.5 Å². The van der Waals surface area contributed by atoms with Crippen LogP contribution < -0.4 is 5.73 Å². The zero-order valence-corrected chi connectivity index (χ0v) is 12.5. The van der Waals surface area contributed by atoms with Crippen LogP contribution in [-0.4, -0.2) is 28.4 Å². The molecule has 1 aliphatic rings. The van der Waals surface area contributed by atoms with E-state index in [0.717, 1.165) is 24.8 Å². The summed E-state index contributed by atoms with van der Waals surface area (Å²) >= 11 is 0. The Labute approximate surface area is 125 Å². The van der Waals surface area contributed by atoms with Crippen molar-refractivity contribution in [2.45, 2.75) is 45.2 Å². The molecular formula is C16H22N4O. The lowest BCUT2D eigenvalue weighted by Crippen LogP contribution is -2.49. The van der Waals surface area contributed by atoms with Gasteiger partial charge in [-0.3, -0.25) is 9.78 Å².